The minimum atomic E-state index is -0.446. The number of amides is 1. The van der Waals surface area contributed by atoms with Crippen molar-refractivity contribution >= 4 is 27.6 Å². The van der Waals surface area contributed by atoms with Gasteiger partial charge in [0.15, 0.2) is 0 Å². The van der Waals surface area contributed by atoms with Crippen LogP contribution in [0.5, 0.6) is 5.75 Å². The molecule has 0 aliphatic carbocycles. The number of ether oxygens (including phenoxy) is 1. The molecule has 0 aliphatic rings. The summed E-state index contributed by atoms with van der Waals surface area (Å²) in [5.74, 6) is 0.348. The van der Waals surface area contributed by atoms with Gasteiger partial charge in [-0.1, -0.05) is 6.07 Å². The number of primary amides is 1. The van der Waals surface area contributed by atoms with E-state index < -0.39 is 5.91 Å². The Bertz CT molecular complexity index is 797. The summed E-state index contributed by atoms with van der Waals surface area (Å²) < 4.78 is 5.20. The molecule has 0 aliphatic heterocycles. The Morgan fingerprint density at radius 2 is 1.95 bits per heavy atom. The molecule has 4 nitrogen and oxygen atoms in total. The molecule has 1 aromatic heterocycles. The summed E-state index contributed by atoms with van der Waals surface area (Å²) in [6.07, 6.45) is 1.77. The fourth-order valence-corrected chi connectivity index (χ4v) is 2.18. The highest BCUT2D eigenvalue weighted by molar-refractivity contribution is 6.07. The fourth-order valence-electron chi connectivity index (χ4n) is 2.18. The average molecular weight is 252 g/mol. The van der Waals surface area contributed by atoms with Crippen molar-refractivity contribution in [1.82, 2.24) is 4.98 Å². The maximum Gasteiger partial charge on any atom is 0.248 e. The van der Waals surface area contributed by atoms with Crippen molar-refractivity contribution in [2.45, 2.75) is 0 Å². The number of methoxy groups -OCH3 is 1. The fraction of sp³-hybridized carbons (Fsp3) is 0.0667. The number of hydrogen-bond acceptors (Lipinski definition) is 3. The van der Waals surface area contributed by atoms with E-state index in [1.807, 2.05) is 24.3 Å². The third-order valence-corrected chi connectivity index (χ3v) is 3.17. The normalized spacial score (nSPS) is 10.8. The van der Waals surface area contributed by atoms with Crippen molar-refractivity contribution in [3.05, 3.63) is 48.2 Å². The highest BCUT2D eigenvalue weighted by Gasteiger charge is 2.06. The summed E-state index contributed by atoms with van der Waals surface area (Å²) >= 11 is 0. The third kappa shape index (κ3) is 1.87. The Kier molecular flexibility index (Phi) is 2.56. The molecule has 0 saturated carbocycles. The highest BCUT2D eigenvalue weighted by atomic mass is 16.5. The molecule has 19 heavy (non-hydrogen) atoms. The van der Waals surface area contributed by atoms with Gasteiger partial charge in [0.2, 0.25) is 5.91 Å². The number of nitrogens with zero attached hydrogens (tertiary/aromatic N) is 1. The van der Waals surface area contributed by atoms with Gasteiger partial charge in [-0.05, 0) is 35.7 Å². The summed E-state index contributed by atoms with van der Waals surface area (Å²) in [6.45, 7) is 0. The van der Waals surface area contributed by atoms with Gasteiger partial charge < -0.3 is 10.5 Å². The average Bonchev–Trinajstić information content (AvgIpc) is 2.45. The van der Waals surface area contributed by atoms with Gasteiger partial charge in [-0.2, -0.15) is 0 Å². The number of nitrogens with two attached hydrogens (primary N) is 1. The van der Waals surface area contributed by atoms with Gasteiger partial charge >= 0.3 is 0 Å². The molecule has 1 amide bonds. The summed E-state index contributed by atoms with van der Waals surface area (Å²) in [7, 11) is 1.63. The lowest BCUT2D eigenvalue weighted by Gasteiger charge is -2.06. The van der Waals surface area contributed by atoms with Crippen LogP contribution < -0.4 is 10.5 Å². The Morgan fingerprint density at radius 3 is 2.68 bits per heavy atom. The number of pyridine rings is 1. The predicted molar refractivity (Wildman–Crippen MR) is 74.3 cm³/mol. The van der Waals surface area contributed by atoms with Crippen molar-refractivity contribution in [3.8, 4) is 5.75 Å². The van der Waals surface area contributed by atoms with Crippen LogP contribution in [-0.2, 0) is 0 Å². The minimum Gasteiger partial charge on any atom is -0.497 e. The van der Waals surface area contributed by atoms with E-state index in [1.54, 1.807) is 25.4 Å². The molecule has 0 atom stereocenters. The molecule has 3 aromatic rings. The van der Waals surface area contributed by atoms with Gasteiger partial charge in [0.25, 0.3) is 0 Å². The molecule has 1 heterocycles. The Hall–Kier alpha value is -2.62. The van der Waals surface area contributed by atoms with Crippen LogP contribution in [0.2, 0.25) is 0 Å². The van der Waals surface area contributed by atoms with E-state index in [1.165, 1.54) is 0 Å². The Labute approximate surface area is 109 Å². The zero-order chi connectivity index (χ0) is 13.4. The molecule has 0 fully saturated rings. The maximum atomic E-state index is 11.2. The van der Waals surface area contributed by atoms with E-state index in [0.29, 0.717) is 5.56 Å². The van der Waals surface area contributed by atoms with Gasteiger partial charge in [0.1, 0.15) is 5.75 Å². The first-order valence-corrected chi connectivity index (χ1v) is 5.85. The van der Waals surface area contributed by atoms with Crippen molar-refractivity contribution in [3.63, 3.8) is 0 Å². The van der Waals surface area contributed by atoms with E-state index in [9.17, 15) is 4.79 Å². The lowest BCUT2D eigenvalue weighted by Crippen LogP contribution is -2.10. The highest BCUT2D eigenvalue weighted by Crippen LogP contribution is 2.27. The molecule has 0 radical (unpaired) electrons. The molecule has 2 aromatic carbocycles. The summed E-state index contributed by atoms with van der Waals surface area (Å²) in [5.41, 5.74) is 6.50. The van der Waals surface area contributed by atoms with Crippen LogP contribution in [0.3, 0.4) is 0 Å². The number of benzene rings is 2. The van der Waals surface area contributed by atoms with Crippen LogP contribution in [0.4, 0.5) is 0 Å². The molecule has 0 saturated heterocycles. The lowest BCUT2D eigenvalue weighted by atomic mass is 10.0. The maximum absolute atomic E-state index is 11.2. The van der Waals surface area contributed by atoms with E-state index in [0.717, 1.165) is 27.4 Å². The van der Waals surface area contributed by atoms with Crippen molar-refractivity contribution in [2.75, 3.05) is 7.11 Å². The third-order valence-electron chi connectivity index (χ3n) is 3.17. The smallest absolute Gasteiger partial charge is 0.248 e. The van der Waals surface area contributed by atoms with Gasteiger partial charge in [-0.3, -0.25) is 9.78 Å². The summed E-state index contributed by atoms with van der Waals surface area (Å²) in [6, 6.07) is 11.1. The molecule has 3 rings (SSSR count). The van der Waals surface area contributed by atoms with Crippen LogP contribution in [0.15, 0.2) is 42.6 Å². The van der Waals surface area contributed by atoms with Gasteiger partial charge in [-0.25, -0.2) is 0 Å². The van der Waals surface area contributed by atoms with E-state index >= 15 is 0 Å². The number of rotatable bonds is 2. The second-order valence-electron chi connectivity index (χ2n) is 4.31. The van der Waals surface area contributed by atoms with Crippen LogP contribution >= 0.6 is 0 Å². The Balaban J connectivity index is 2.31. The van der Waals surface area contributed by atoms with Crippen LogP contribution in [0.1, 0.15) is 10.4 Å². The molecular formula is C15H12N2O2. The second kappa shape index (κ2) is 4.24. The molecule has 2 N–H and O–H groups in total. The molecule has 94 valence electrons. The Morgan fingerprint density at radius 1 is 1.16 bits per heavy atom. The first-order valence-electron chi connectivity index (χ1n) is 5.85. The second-order valence-corrected chi connectivity index (χ2v) is 4.31. The van der Waals surface area contributed by atoms with Crippen LogP contribution in [0.25, 0.3) is 21.7 Å². The largest absolute Gasteiger partial charge is 0.497 e. The monoisotopic (exact) mass is 252 g/mol. The quantitative estimate of drug-likeness (QED) is 0.712. The van der Waals surface area contributed by atoms with Gasteiger partial charge in [-0.15, -0.1) is 0 Å². The lowest BCUT2D eigenvalue weighted by molar-refractivity contribution is 0.100. The molecular weight excluding hydrogens is 240 g/mol. The van der Waals surface area contributed by atoms with Crippen LogP contribution in [0, 0.1) is 0 Å². The summed E-state index contributed by atoms with van der Waals surface area (Å²) in [4.78, 5) is 15.5. The van der Waals surface area contributed by atoms with Crippen molar-refractivity contribution in [1.29, 1.82) is 0 Å². The molecule has 0 spiro atoms. The SMILES string of the molecule is COc1ccc2c(cnc3cc(C(N)=O)ccc32)c1. The number of fused-ring (bicyclic) bond motifs is 3. The zero-order valence-corrected chi connectivity index (χ0v) is 10.4. The van der Waals surface area contributed by atoms with Gasteiger partial charge in [0, 0.05) is 22.5 Å². The van der Waals surface area contributed by atoms with E-state index in [-0.39, 0.29) is 0 Å². The first kappa shape index (κ1) is 11.5. The predicted octanol–water partition coefficient (Wildman–Crippen LogP) is 2.50. The van der Waals surface area contributed by atoms with Crippen LogP contribution in [-0.4, -0.2) is 18.0 Å². The first-order chi connectivity index (χ1) is 9.19. The standard InChI is InChI=1S/C15H12N2O2/c1-19-11-3-5-12-10(6-11)8-17-14-7-9(15(16)18)2-4-13(12)14/h2-8H,1H3,(H2,16,18). The number of aromatic nitrogens is 1. The van der Waals surface area contributed by atoms with E-state index in [4.69, 9.17) is 10.5 Å². The van der Waals surface area contributed by atoms with E-state index in [2.05, 4.69) is 4.98 Å². The molecule has 4 heteroatoms. The topological polar surface area (TPSA) is 65.2 Å². The number of hydrogen-bond donors (Lipinski definition) is 1. The molecule has 0 bridgehead atoms. The zero-order valence-electron chi connectivity index (χ0n) is 10.4. The van der Waals surface area contributed by atoms with Crippen molar-refractivity contribution < 1.29 is 9.53 Å². The van der Waals surface area contributed by atoms with Crippen molar-refractivity contribution in [2.24, 2.45) is 5.73 Å². The minimum absolute atomic E-state index is 0.446. The van der Waals surface area contributed by atoms with Gasteiger partial charge in [0.05, 0.1) is 12.6 Å². The number of carbonyl (C=O) groups is 1. The summed E-state index contributed by atoms with van der Waals surface area (Å²) in [5, 5.41) is 3.06. The number of carbonyl (C=O) groups excluding carboxylic acids is 1. The molecule has 0 unspecified atom stereocenters.